The number of halogens is 4. The Balaban J connectivity index is 2.93. The van der Waals surface area contributed by atoms with Gasteiger partial charge < -0.3 is 5.32 Å². The van der Waals surface area contributed by atoms with Crippen LogP contribution in [0.3, 0.4) is 0 Å². The second-order valence-corrected chi connectivity index (χ2v) is 5.65. The summed E-state index contributed by atoms with van der Waals surface area (Å²) in [5.74, 6) is -0.348. The third kappa shape index (κ3) is 4.81. The third-order valence-electron chi connectivity index (χ3n) is 2.75. The van der Waals surface area contributed by atoms with Crippen molar-refractivity contribution in [1.29, 1.82) is 0 Å². The lowest BCUT2D eigenvalue weighted by Crippen LogP contribution is -2.37. The second kappa shape index (κ2) is 7.11. The fourth-order valence-corrected chi connectivity index (χ4v) is 2.35. The first-order valence-corrected chi connectivity index (χ1v) is 7.41. The summed E-state index contributed by atoms with van der Waals surface area (Å²) in [6.07, 6.45) is -3.83. The first-order chi connectivity index (χ1) is 9.25. The van der Waals surface area contributed by atoms with Gasteiger partial charge in [0.2, 0.25) is 0 Å². The first kappa shape index (κ1) is 17.0. The van der Waals surface area contributed by atoms with E-state index in [-0.39, 0.29) is 11.6 Å². The maximum Gasteiger partial charge on any atom is 0.417 e. The van der Waals surface area contributed by atoms with Crippen LogP contribution in [0.5, 0.6) is 0 Å². The maximum absolute atomic E-state index is 12.8. The molecule has 2 nitrogen and oxygen atoms in total. The molecule has 0 radical (unpaired) electrons. The van der Waals surface area contributed by atoms with Crippen LogP contribution in [0.4, 0.5) is 13.2 Å². The zero-order chi connectivity index (χ0) is 15.3. The minimum absolute atomic E-state index is 0.191. The quantitative estimate of drug-likeness (QED) is 0.789. The lowest BCUT2D eigenvalue weighted by atomic mass is 10.0. The van der Waals surface area contributed by atoms with Gasteiger partial charge in [0.05, 0.1) is 11.1 Å². The van der Waals surface area contributed by atoms with E-state index in [2.05, 4.69) is 21.2 Å². The van der Waals surface area contributed by atoms with E-state index < -0.39 is 17.6 Å². The normalized spacial score (nSPS) is 13.3. The molecule has 0 saturated heterocycles. The van der Waals surface area contributed by atoms with Crippen LogP contribution in [0.1, 0.15) is 36.2 Å². The van der Waals surface area contributed by atoms with Crippen molar-refractivity contribution in [3.05, 3.63) is 35.4 Å². The number of rotatable bonds is 5. The summed E-state index contributed by atoms with van der Waals surface area (Å²) in [5.41, 5.74) is -1.25. The zero-order valence-corrected chi connectivity index (χ0v) is 12.9. The van der Waals surface area contributed by atoms with Crippen LogP contribution < -0.4 is 5.32 Å². The van der Waals surface area contributed by atoms with Gasteiger partial charge in [-0.15, -0.1) is 0 Å². The number of nitrogens with one attached hydrogen (secondary N) is 1. The van der Waals surface area contributed by atoms with Gasteiger partial charge in [-0.2, -0.15) is 13.2 Å². The maximum atomic E-state index is 12.8. The van der Waals surface area contributed by atoms with Crippen molar-refractivity contribution in [2.45, 2.75) is 32.5 Å². The number of benzene rings is 1. The minimum Gasteiger partial charge on any atom is -0.348 e. The number of carbonyl (C=O) groups excluding carboxylic acids is 1. The summed E-state index contributed by atoms with van der Waals surface area (Å²) >= 11 is 3.27. The van der Waals surface area contributed by atoms with E-state index in [1.165, 1.54) is 18.2 Å². The number of carbonyl (C=O) groups is 1. The van der Waals surface area contributed by atoms with E-state index in [9.17, 15) is 18.0 Å². The largest absolute Gasteiger partial charge is 0.417 e. The highest BCUT2D eigenvalue weighted by molar-refractivity contribution is 9.09. The highest BCUT2D eigenvalue weighted by Crippen LogP contribution is 2.31. The van der Waals surface area contributed by atoms with Crippen LogP contribution in [0.2, 0.25) is 0 Å². The Labute approximate surface area is 124 Å². The van der Waals surface area contributed by atoms with Gasteiger partial charge in [-0.05, 0) is 24.5 Å². The molecule has 0 heterocycles. The van der Waals surface area contributed by atoms with E-state index in [0.717, 1.165) is 6.07 Å². The Kier molecular flexibility index (Phi) is 6.05. The van der Waals surface area contributed by atoms with Crippen LogP contribution >= 0.6 is 15.9 Å². The molecule has 0 fully saturated rings. The molecule has 0 aliphatic heterocycles. The standard InChI is InChI=1S/C14H17BrF3NO/c1-9(2)7-10(8-15)19-13(20)11-5-3-4-6-12(11)14(16,17)18/h3-6,9-10H,7-8H2,1-2H3,(H,19,20). The summed E-state index contributed by atoms with van der Waals surface area (Å²) in [5, 5.41) is 3.15. The highest BCUT2D eigenvalue weighted by atomic mass is 79.9. The van der Waals surface area contributed by atoms with Crippen LogP contribution in [-0.4, -0.2) is 17.3 Å². The summed E-state index contributed by atoms with van der Waals surface area (Å²) in [6, 6.07) is 4.62. The SMILES string of the molecule is CC(C)CC(CBr)NC(=O)c1ccccc1C(F)(F)F. The predicted octanol–water partition coefficient (Wildman–Crippen LogP) is 4.24. The average molecular weight is 352 g/mol. The fraction of sp³-hybridized carbons (Fsp3) is 0.500. The van der Waals surface area contributed by atoms with Crippen molar-refractivity contribution in [2.24, 2.45) is 5.92 Å². The Morgan fingerprint density at radius 3 is 2.40 bits per heavy atom. The van der Waals surface area contributed by atoms with Gasteiger partial charge in [0.1, 0.15) is 0 Å². The second-order valence-electron chi connectivity index (χ2n) is 5.00. The minimum atomic E-state index is -4.53. The van der Waals surface area contributed by atoms with E-state index in [1.807, 2.05) is 13.8 Å². The van der Waals surface area contributed by atoms with Gasteiger partial charge in [-0.25, -0.2) is 0 Å². The van der Waals surface area contributed by atoms with Gasteiger partial charge in [-0.1, -0.05) is 41.9 Å². The lowest BCUT2D eigenvalue weighted by Gasteiger charge is -2.19. The van der Waals surface area contributed by atoms with Crippen molar-refractivity contribution in [3.8, 4) is 0 Å². The molecule has 1 aromatic rings. The molecule has 1 aromatic carbocycles. The van der Waals surface area contributed by atoms with Gasteiger partial charge in [0.25, 0.3) is 5.91 Å². The molecule has 0 aliphatic carbocycles. The Hall–Kier alpha value is -1.04. The smallest absolute Gasteiger partial charge is 0.348 e. The van der Waals surface area contributed by atoms with Crippen molar-refractivity contribution >= 4 is 21.8 Å². The molecule has 112 valence electrons. The summed E-state index contributed by atoms with van der Waals surface area (Å²) in [6.45, 7) is 3.98. The van der Waals surface area contributed by atoms with Crippen LogP contribution in [0.25, 0.3) is 0 Å². The van der Waals surface area contributed by atoms with E-state index in [0.29, 0.717) is 17.7 Å². The first-order valence-electron chi connectivity index (χ1n) is 6.28. The highest BCUT2D eigenvalue weighted by Gasteiger charge is 2.35. The van der Waals surface area contributed by atoms with Gasteiger partial charge in [0, 0.05) is 11.4 Å². The molecule has 6 heteroatoms. The van der Waals surface area contributed by atoms with Gasteiger partial charge >= 0.3 is 6.18 Å². The van der Waals surface area contributed by atoms with Gasteiger partial charge in [0.15, 0.2) is 0 Å². The average Bonchev–Trinajstić information content (AvgIpc) is 2.36. The third-order valence-corrected chi connectivity index (χ3v) is 3.54. The Morgan fingerprint density at radius 2 is 1.90 bits per heavy atom. The molecule has 1 unspecified atom stereocenters. The van der Waals surface area contributed by atoms with Crippen LogP contribution in [-0.2, 0) is 6.18 Å². The summed E-state index contributed by atoms with van der Waals surface area (Å²) < 4.78 is 38.5. The molecule has 0 bridgehead atoms. The predicted molar refractivity (Wildman–Crippen MR) is 75.9 cm³/mol. The molecule has 0 aromatic heterocycles. The van der Waals surface area contributed by atoms with E-state index >= 15 is 0 Å². The summed E-state index contributed by atoms with van der Waals surface area (Å²) in [7, 11) is 0. The Bertz CT molecular complexity index is 460. The van der Waals surface area contributed by atoms with Crippen LogP contribution in [0.15, 0.2) is 24.3 Å². The molecule has 1 rings (SSSR count). The molecule has 1 atom stereocenters. The molecule has 0 saturated carbocycles. The van der Waals surface area contributed by atoms with Gasteiger partial charge in [-0.3, -0.25) is 4.79 Å². The molecule has 1 N–H and O–H groups in total. The molecular formula is C14H17BrF3NO. The number of hydrogen-bond acceptors (Lipinski definition) is 1. The number of hydrogen-bond donors (Lipinski definition) is 1. The van der Waals surface area contributed by atoms with Crippen molar-refractivity contribution < 1.29 is 18.0 Å². The molecule has 1 amide bonds. The van der Waals surface area contributed by atoms with Crippen LogP contribution in [0, 0.1) is 5.92 Å². The summed E-state index contributed by atoms with van der Waals surface area (Å²) in [4.78, 5) is 12.0. The molecular weight excluding hydrogens is 335 g/mol. The number of amides is 1. The monoisotopic (exact) mass is 351 g/mol. The lowest BCUT2D eigenvalue weighted by molar-refractivity contribution is -0.137. The van der Waals surface area contributed by atoms with Crippen molar-refractivity contribution in [1.82, 2.24) is 5.32 Å². The Morgan fingerprint density at radius 1 is 1.30 bits per heavy atom. The topological polar surface area (TPSA) is 29.1 Å². The molecule has 20 heavy (non-hydrogen) atoms. The van der Waals surface area contributed by atoms with Crippen molar-refractivity contribution in [2.75, 3.05) is 5.33 Å². The number of alkyl halides is 4. The zero-order valence-electron chi connectivity index (χ0n) is 11.3. The molecule has 0 spiro atoms. The fourth-order valence-electron chi connectivity index (χ4n) is 1.92. The van der Waals surface area contributed by atoms with Crippen molar-refractivity contribution in [3.63, 3.8) is 0 Å². The molecule has 0 aliphatic rings. The van der Waals surface area contributed by atoms with E-state index in [1.54, 1.807) is 0 Å². The van der Waals surface area contributed by atoms with E-state index in [4.69, 9.17) is 0 Å².